The van der Waals surface area contributed by atoms with Crippen LogP contribution in [0, 0.1) is 11.8 Å². The second-order valence-electron chi connectivity index (χ2n) is 6.46. The van der Waals surface area contributed by atoms with Crippen molar-refractivity contribution in [2.75, 3.05) is 6.54 Å². The van der Waals surface area contributed by atoms with E-state index in [4.69, 9.17) is 11.6 Å². The van der Waals surface area contributed by atoms with Crippen molar-refractivity contribution in [3.63, 3.8) is 0 Å². The third-order valence-corrected chi connectivity index (χ3v) is 4.68. The lowest BCUT2D eigenvalue weighted by Crippen LogP contribution is -2.39. The van der Waals surface area contributed by atoms with Crippen molar-refractivity contribution >= 4 is 0 Å². The number of benzene rings is 1. The molecule has 1 fully saturated rings. The van der Waals surface area contributed by atoms with Crippen LogP contribution in [0.4, 0.5) is 0 Å². The highest BCUT2D eigenvalue weighted by Crippen LogP contribution is 2.32. The fourth-order valence-corrected chi connectivity index (χ4v) is 3.51. The van der Waals surface area contributed by atoms with Crippen molar-refractivity contribution in [1.29, 1.82) is 0 Å². The first kappa shape index (κ1) is 16.4. The van der Waals surface area contributed by atoms with Gasteiger partial charge in [0.05, 0.1) is 6.10 Å². The minimum atomic E-state index is -0.417. The van der Waals surface area contributed by atoms with Gasteiger partial charge in [0.25, 0.3) is 0 Å². The monoisotopic (exact) mass is 291 g/mol. The maximum atomic E-state index is 10.4. The molecule has 4 atom stereocenters. The highest BCUT2D eigenvalue weighted by atomic mass is 16.3. The SMILES string of the molecule is NNCC1CCC[C@@H](C[C@@H](O)C(N)Cc2ccccc2)C1. The molecule has 6 N–H and O–H groups in total. The Morgan fingerprint density at radius 3 is 2.62 bits per heavy atom. The topological polar surface area (TPSA) is 84.3 Å². The predicted octanol–water partition coefficient (Wildman–Crippen LogP) is 1.58. The van der Waals surface area contributed by atoms with Crippen molar-refractivity contribution in [2.24, 2.45) is 23.4 Å². The van der Waals surface area contributed by atoms with Gasteiger partial charge < -0.3 is 10.8 Å². The van der Waals surface area contributed by atoms with Gasteiger partial charge in [-0.3, -0.25) is 11.3 Å². The number of hydrogen-bond acceptors (Lipinski definition) is 4. The molecular formula is C17H29N3O. The van der Waals surface area contributed by atoms with Gasteiger partial charge >= 0.3 is 0 Å². The molecule has 0 radical (unpaired) electrons. The van der Waals surface area contributed by atoms with Gasteiger partial charge in [-0.1, -0.05) is 43.2 Å². The number of nitrogens with two attached hydrogens (primary N) is 2. The van der Waals surface area contributed by atoms with Crippen molar-refractivity contribution in [2.45, 2.75) is 50.7 Å². The van der Waals surface area contributed by atoms with Crippen LogP contribution in [0.25, 0.3) is 0 Å². The maximum absolute atomic E-state index is 10.4. The van der Waals surface area contributed by atoms with Crippen LogP contribution in [0.1, 0.15) is 37.7 Å². The third-order valence-electron chi connectivity index (χ3n) is 4.68. The minimum absolute atomic E-state index is 0.180. The van der Waals surface area contributed by atoms with E-state index >= 15 is 0 Å². The van der Waals surface area contributed by atoms with Gasteiger partial charge in [0.15, 0.2) is 0 Å². The van der Waals surface area contributed by atoms with Crippen LogP contribution in [-0.4, -0.2) is 23.8 Å². The largest absolute Gasteiger partial charge is 0.391 e. The lowest BCUT2D eigenvalue weighted by Gasteiger charge is -2.31. The van der Waals surface area contributed by atoms with Crippen molar-refractivity contribution in [1.82, 2.24) is 5.43 Å². The summed E-state index contributed by atoms with van der Waals surface area (Å²) in [5, 5.41) is 10.4. The van der Waals surface area contributed by atoms with E-state index in [0.29, 0.717) is 11.8 Å². The Morgan fingerprint density at radius 1 is 1.19 bits per heavy atom. The first-order chi connectivity index (χ1) is 10.2. The molecule has 118 valence electrons. The summed E-state index contributed by atoms with van der Waals surface area (Å²) in [6.45, 7) is 0.878. The first-order valence-corrected chi connectivity index (χ1v) is 8.10. The Morgan fingerprint density at radius 2 is 1.90 bits per heavy atom. The standard InChI is InChI=1S/C17H29N3O/c18-16(10-13-5-2-1-3-6-13)17(21)11-14-7-4-8-15(9-14)12-20-19/h1-3,5-6,14-17,20-21H,4,7-12,18-19H2/t14-,15?,16?,17-/m1/s1. The van der Waals surface area contributed by atoms with E-state index in [1.165, 1.54) is 24.8 Å². The molecule has 0 saturated heterocycles. The van der Waals surface area contributed by atoms with Crippen LogP contribution >= 0.6 is 0 Å². The van der Waals surface area contributed by atoms with E-state index in [0.717, 1.165) is 25.8 Å². The third kappa shape index (κ3) is 5.40. The molecule has 0 bridgehead atoms. The van der Waals surface area contributed by atoms with Gasteiger partial charge in [0.1, 0.15) is 0 Å². The number of nitrogens with one attached hydrogen (secondary N) is 1. The van der Waals surface area contributed by atoms with Crippen molar-refractivity contribution < 1.29 is 5.11 Å². The molecule has 1 aliphatic rings. The van der Waals surface area contributed by atoms with Crippen LogP contribution in [0.2, 0.25) is 0 Å². The van der Waals surface area contributed by atoms with Crippen molar-refractivity contribution in [3.8, 4) is 0 Å². The Bertz CT molecular complexity index is 396. The molecule has 1 aromatic rings. The Hall–Kier alpha value is -0.940. The molecule has 0 aromatic heterocycles. The quantitative estimate of drug-likeness (QED) is 0.454. The summed E-state index contributed by atoms with van der Waals surface area (Å²) in [7, 11) is 0. The number of hydrazine groups is 1. The number of aliphatic hydroxyl groups is 1. The minimum Gasteiger partial charge on any atom is -0.391 e. The van der Waals surface area contributed by atoms with Crippen LogP contribution < -0.4 is 17.0 Å². The van der Waals surface area contributed by atoms with E-state index in [1.807, 2.05) is 18.2 Å². The summed E-state index contributed by atoms with van der Waals surface area (Å²) in [6, 6.07) is 9.98. The summed E-state index contributed by atoms with van der Waals surface area (Å²) in [4.78, 5) is 0. The fourth-order valence-electron chi connectivity index (χ4n) is 3.51. The van der Waals surface area contributed by atoms with E-state index in [-0.39, 0.29) is 6.04 Å². The van der Waals surface area contributed by atoms with Crippen molar-refractivity contribution in [3.05, 3.63) is 35.9 Å². The highest BCUT2D eigenvalue weighted by Gasteiger charge is 2.26. The number of aliphatic hydroxyl groups excluding tert-OH is 1. The molecule has 0 aliphatic heterocycles. The number of rotatable bonds is 7. The molecule has 4 nitrogen and oxygen atoms in total. The van der Waals surface area contributed by atoms with Crippen LogP contribution in [0.5, 0.6) is 0 Å². The molecule has 1 saturated carbocycles. The lowest BCUT2D eigenvalue weighted by molar-refractivity contribution is 0.0966. The van der Waals surface area contributed by atoms with Gasteiger partial charge in [-0.25, -0.2) is 0 Å². The maximum Gasteiger partial charge on any atom is 0.0697 e. The fraction of sp³-hybridized carbons (Fsp3) is 0.647. The molecular weight excluding hydrogens is 262 g/mol. The predicted molar refractivity (Wildman–Crippen MR) is 86.4 cm³/mol. The first-order valence-electron chi connectivity index (χ1n) is 8.10. The van der Waals surface area contributed by atoms with Gasteiger partial charge in [-0.15, -0.1) is 0 Å². The lowest BCUT2D eigenvalue weighted by atomic mass is 9.78. The summed E-state index contributed by atoms with van der Waals surface area (Å²) < 4.78 is 0. The summed E-state index contributed by atoms with van der Waals surface area (Å²) in [5.74, 6) is 6.64. The summed E-state index contributed by atoms with van der Waals surface area (Å²) in [5.41, 5.74) is 10.1. The smallest absolute Gasteiger partial charge is 0.0697 e. The van der Waals surface area contributed by atoms with Gasteiger partial charge in [0.2, 0.25) is 0 Å². The van der Waals surface area contributed by atoms with E-state index in [1.54, 1.807) is 0 Å². The second kappa shape index (κ2) is 8.49. The number of hydrogen-bond donors (Lipinski definition) is 4. The van der Waals surface area contributed by atoms with Crippen LogP contribution in [-0.2, 0) is 6.42 Å². The van der Waals surface area contributed by atoms with E-state index < -0.39 is 6.10 Å². The van der Waals surface area contributed by atoms with Crippen LogP contribution in [0.3, 0.4) is 0 Å². The molecule has 21 heavy (non-hydrogen) atoms. The van der Waals surface area contributed by atoms with Crippen LogP contribution in [0.15, 0.2) is 30.3 Å². The molecule has 2 rings (SSSR count). The Labute approximate surface area is 127 Å². The zero-order valence-corrected chi connectivity index (χ0v) is 12.7. The zero-order valence-electron chi connectivity index (χ0n) is 12.7. The second-order valence-corrected chi connectivity index (χ2v) is 6.46. The molecule has 1 aromatic carbocycles. The van der Waals surface area contributed by atoms with Gasteiger partial charge in [-0.2, -0.15) is 0 Å². The summed E-state index contributed by atoms with van der Waals surface area (Å²) in [6.07, 6.45) is 5.97. The normalized spacial score (nSPS) is 25.5. The molecule has 1 aliphatic carbocycles. The molecule has 4 heteroatoms. The average Bonchev–Trinajstić information content (AvgIpc) is 2.49. The highest BCUT2D eigenvalue weighted by molar-refractivity contribution is 5.16. The Kier molecular flexibility index (Phi) is 6.64. The van der Waals surface area contributed by atoms with Gasteiger partial charge in [0, 0.05) is 12.6 Å². The molecule has 0 spiro atoms. The molecule has 2 unspecified atom stereocenters. The van der Waals surface area contributed by atoms with E-state index in [2.05, 4.69) is 17.6 Å². The average molecular weight is 291 g/mol. The van der Waals surface area contributed by atoms with Gasteiger partial charge in [-0.05, 0) is 43.1 Å². The van der Waals surface area contributed by atoms with E-state index in [9.17, 15) is 5.11 Å². The summed E-state index contributed by atoms with van der Waals surface area (Å²) >= 11 is 0. The Balaban J connectivity index is 1.78. The molecule has 0 amide bonds. The zero-order chi connectivity index (χ0) is 15.1. The molecule has 0 heterocycles.